The number of anilines is 1. The molecule has 0 saturated heterocycles. The summed E-state index contributed by atoms with van der Waals surface area (Å²) in [5, 5.41) is 0. The molecule has 0 aliphatic carbocycles. The summed E-state index contributed by atoms with van der Waals surface area (Å²) in [5.41, 5.74) is 7.56. The predicted molar refractivity (Wildman–Crippen MR) is 74.5 cm³/mol. The third-order valence-corrected chi connectivity index (χ3v) is 3.25. The van der Waals surface area contributed by atoms with Gasteiger partial charge < -0.3 is 15.2 Å². The zero-order chi connectivity index (χ0) is 13.8. The van der Waals surface area contributed by atoms with Crippen molar-refractivity contribution in [2.24, 2.45) is 0 Å². The number of aromatic nitrogens is 3. The van der Waals surface area contributed by atoms with E-state index >= 15 is 0 Å². The summed E-state index contributed by atoms with van der Waals surface area (Å²) in [4.78, 5) is 22.0. The molecule has 0 unspecified atom stereocenters. The maximum atomic E-state index is 12.0. The van der Waals surface area contributed by atoms with Crippen molar-refractivity contribution >= 4 is 22.9 Å². The standard InChI is InChI=1S/C13H19N5O/c1-3-17(4-2)12(19)6-8-18-11-5-7-15-9-10(11)16-13(18)14/h5,7,9H,3-4,6,8H2,1-2H3,(H2,14,16). The molecule has 1 amide bonds. The summed E-state index contributed by atoms with van der Waals surface area (Å²) in [6.07, 6.45) is 3.81. The second-order valence-corrected chi connectivity index (χ2v) is 4.30. The Morgan fingerprint density at radius 3 is 2.84 bits per heavy atom. The van der Waals surface area contributed by atoms with Gasteiger partial charge in [-0.25, -0.2) is 4.98 Å². The average Bonchev–Trinajstić information content (AvgIpc) is 2.73. The minimum absolute atomic E-state index is 0.139. The fraction of sp³-hybridized carbons (Fsp3) is 0.462. The summed E-state index contributed by atoms with van der Waals surface area (Å²) >= 11 is 0. The van der Waals surface area contributed by atoms with Gasteiger partial charge >= 0.3 is 0 Å². The summed E-state index contributed by atoms with van der Waals surface area (Å²) in [6.45, 7) is 5.97. The molecule has 2 rings (SSSR count). The molecule has 0 spiro atoms. The van der Waals surface area contributed by atoms with Crippen LogP contribution in [-0.4, -0.2) is 38.4 Å². The molecule has 6 nitrogen and oxygen atoms in total. The number of nitrogens with zero attached hydrogens (tertiary/aromatic N) is 4. The van der Waals surface area contributed by atoms with Crippen LogP contribution in [0.2, 0.25) is 0 Å². The zero-order valence-corrected chi connectivity index (χ0v) is 11.3. The highest BCUT2D eigenvalue weighted by molar-refractivity contribution is 5.78. The predicted octanol–water partition coefficient (Wildman–Crippen LogP) is 1.27. The van der Waals surface area contributed by atoms with Gasteiger partial charge in [-0.1, -0.05) is 0 Å². The van der Waals surface area contributed by atoms with Crippen LogP contribution in [0.5, 0.6) is 0 Å². The van der Waals surface area contributed by atoms with Crippen molar-refractivity contribution in [3.8, 4) is 0 Å². The SMILES string of the molecule is CCN(CC)C(=O)CCn1c(N)nc2cnccc21. The van der Waals surface area contributed by atoms with E-state index in [9.17, 15) is 4.79 Å². The lowest BCUT2D eigenvalue weighted by Gasteiger charge is -2.18. The second-order valence-electron chi connectivity index (χ2n) is 4.30. The Morgan fingerprint density at radius 2 is 2.16 bits per heavy atom. The largest absolute Gasteiger partial charge is 0.369 e. The molecule has 0 aliphatic rings. The maximum Gasteiger partial charge on any atom is 0.224 e. The summed E-state index contributed by atoms with van der Waals surface area (Å²) in [6, 6.07) is 1.86. The molecular formula is C13H19N5O. The number of carbonyl (C=O) groups is 1. The molecule has 0 bridgehead atoms. The van der Waals surface area contributed by atoms with Gasteiger partial charge in [0, 0.05) is 32.3 Å². The Labute approximate surface area is 112 Å². The number of hydrogen-bond donors (Lipinski definition) is 1. The van der Waals surface area contributed by atoms with Gasteiger partial charge in [0.15, 0.2) is 0 Å². The Kier molecular flexibility index (Phi) is 3.99. The Hall–Kier alpha value is -2.11. The molecule has 102 valence electrons. The van der Waals surface area contributed by atoms with E-state index < -0.39 is 0 Å². The van der Waals surface area contributed by atoms with E-state index in [1.165, 1.54) is 0 Å². The first-order chi connectivity index (χ1) is 9.17. The fourth-order valence-electron chi connectivity index (χ4n) is 2.18. The Morgan fingerprint density at radius 1 is 1.42 bits per heavy atom. The smallest absolute Gasteiger partial charge is 0.224 e. The number of hydrogen-bond acceptors (Lipinski definition) is 4. The van der Waals surface area contributed by atoms with Crippen molar-refractivity contribution < 1.29 is 4.79 Å². The molecule has 0 aromatic carbocycles. The average molecular weight is 261 g/mol. The first-order valence-corrected chi connectivity index (χ1v) is 6.50. The van der Waals surface area contributed by atoms with Crippen LogP contribution >= 0.6 is 0 Å². The van der Waals surface area contributed by atoms with Crippen LogP contribution in [0.15, 0.2) is 18.5 Å². The van der Waals surface area contributed by atoms with E-state index in [-0.39, 0.29) is 5.91 Å². The number of imidazole rings is 1. The molecule has 2 aromatic rings. The van der Waals surface area contributed by atoms with Crippen LogP contribution in [0.3, 0.4) is 0 Å². The van der Waals surface area contributed by atoms with Crippen molar-refractivity contribution in [3.05, 3.63) is 18.5 Å². The summed E-state index contributed by atoms with van der Waals surface area (Å²) in [7, 11) is 0. The number of nitrogen functional groups attached to an aromatic ring is 1. The fourth-order valence-corrected chi connectivity index (χ4v) is 2.18. The lowest BCUT2D eigenvalue weighted by Crippen LogP contribution is -2.31. The third kappa shape index (κ3) is 2.67. The van der Waals surface area contributed by atoms with E-state index in [1.807, 2.05) is 29.4 Å². The highest BCUT2D eigenvalue weighted by Gasteiger charge is 2.12. The van der Waals surface area contributed by atoms with Gasteiger partial charge in [0.25, 0.3) is 0 Å². The van der Waals surface area contributed by atoms with Crippen molar-refractivity contribution in [1.82, 2.24) is 19.4 Å². The van der Waals surface area contributed by atoms with Crippen LogP contribution < -0.4 is 5.73 Å². The van der Waals surface area contributed by atoms with Gasteiger partial charge in [0.1, 0.15) is 5.52 Å². The second kappa shape index (κ2) is 5.69. The molecule has 0 atom stereocenters. The number of carbonyl (C=O) groups excluding carboxylic acids is 1. The monoisotopic (exact) mass is 261 g/mol. The molecule has 2 N–H and O–H groups in total. The van der Waals surface area contributed by atoms with Gasteiger partial charge in [-0.05, 0) is 19.9 Å². The lowest BCUT2D eigenvalue weighted by atomic mass is 10.3. The van der Waals surface area contributed by atoms with Crippen LogP contribution in [0, 0.1) is 0 Å². The number of nitrogens with two attached hydrogens (primary N) is 1. The quantitative estimate of drug-likeness (QED) is 0.879. The Bertz CT molecular complexity index is 573. The highest BCUT2D eigenvalue weighted by Crippen LogP contribution is 2.16. The zero-order valence-electron chi connectivity index (χ0n) is 11.3. The highest BCUT2D eigenvalue weighted by atomic mass is 16.2. The van der Waals surface area contributed by atoms with Crippen molar-refractivity contribution in [1.29, 1.82) is 0 Å². The van der Waals surface area contributed by atoms with E-state index in [0.717, 1.165) is 24.1 Å². The molecule has 0 aliphatic heterocycles. The number of aryl methyl sites for hydroxylation is 1. The summed E-state index contributed by atoms with van der Waals surface area (Å²) in [5.74, 6) is 0.565. The molecule has 0 radical (unpaired) electrons. The summed E-state index contributed by atoms with van der Waals surface area (Å²) < 4.78 is 1.86. The minimum Gasteiger partial charge on any atom is -0.369 e. The number of pyridine rings is 1. The van der Waals surface area contributed by atoms with Gasteiger partial charge in [0.2, 0.25) is 11.9 Å². The van der Waals surface area contributed by atoms with Crippen molar-refractivity contribution in [2.45, 2.75) is 26.8 Å². The van der Waals surface area contributed by atoms with E-state index in [1.54, 1.807) is 12.4 Å². The molecule has 19 heavy (non-hydrogen) atoms. The molecule has 6 heteroatoms. The molecule has 0 saturated carbocycles. The topological polar surface area (TPSA) is 77.0 Å². The van der Waals surface area contributed by atoms with Gasteiger partial charge in [0.05, 0.1) is 11.7 Å². The first-order valence-electron chi connectivity index (χ1n) is 6.50. The van der Waals surface area contributed by atoms with Crippen molar-refractivity contribution in [2.75, 3.05) is 18.8 Å². The van der Waals surface area contributed by atoms with E-state index in [2.05, 4.69) is 9.97 Å². The molecule has 0 fully saturated rings. The number of rotatable bonds is 5. The van der Waals surface area contributed by atoms with Gasteiger partial charge in [-0.3, -0.25) is 9.78 Å². The van der Waals surface area contributed by atoms with Crippen LogP contribution in [0.4, 0.5) is 5.95 Å². The van der Waals surface area contributed by atoms with E-state index in [4.69, 9.17) is 5.73 Å². The molecular weight excluding hydrogens is 242 g/mol. The van der Waals surface area contributed by atoms with E-state index in [0.29, 0.717) is 18.9 Å². The van der Waals surface area contributed by atoms with Crippen LogP contribution in [0.25, 0.3) is 11.0 Å². The number of amides is 1. The number of fused-ring (bicyclic) bond motifs is 1. The van der Waals surface area contributed by atoms with Gasteiger partial charge in [-0.2, -0.15) is 0 Å². The third-order valence-electron chi connectivity index (χ3n) is 3.25. The molecule has 2 heterocycles. The normalized spacial score (nSPS) is 10.8. The molecule has 2 aromatic heterocycles. The lowest BCUT2D eigenvalue weighted by molar-refractivity contribution is -0.131. The van der Waals surface area contributed by atoms with Crippen LogP contribution in [-0.2, 0) is 11.3 Å². The Balaban J connectivity index is 2.14. The van der Waals surface area contributed by atoms with Gasteiger partial charge in [-0.15, -0.1) is 0 Å². The minimum atomic E-state index is 0.139. The van der Waals surface area contributed by atoms with Crippen LogP contribution in [0.1, 0.15) is 20.3 Å². The maximum absolute atomic E-state index is 12.0. The van der Waals surface area contributed by atoms with Crippen molar-refractivity contribution in [3.63, 3.8) is 0 Å². The first kappa shape index (κ1) is 13.3.